The van der Waals surface area contributed by atoms with Crippen molar-refractivity contribution >= 4 is 34.0 Å². The molecule has 24 heavy (non-hydrogen) atoms. The Hall–Kier alpha value is -3.21. The lowest BCUT2D eigenvalue weighted by atomic mass is 10.1. The van der Waals surface area contributed by atoms with Crippen molar-refractivity contribution in [3.05, 3.63) is 65.9 Å². The summed E-state index contributed by atoms with van der Waals surface area (Å²) < 4.78 is 0. The zero-order valence-corrected chi connectivity index (χ0v) is 13.2. The van der Waals surface area contributed by atoms with E-state index in [1.54, 1.807) is 30.3 Å². The third-order valence-electron chi connectivity index (χ3n) is 3.69. The molecule has 2 aromatic carbocycles. The van der Waals surface area contributed by atoms with Gasteiger partial charge in [0, 0.05) is 22.3 Å². The number of nitrogens with one attached hydrogen (secondary N) is 1. The molecule has 0 spiro atoms. The Balaban J connectivity index is 1.70. The first-order valence-corrected chi connectivity index (χ1v) is 7.57. The second kappa shape index (κ2) is 6.50. The molecule has 0 radical (unpaired) electrons. The van der Waals surface area contributed by atoms with E-state index in [1.807, 2.05) is 24.3 Å². The van der Waals surface area contributed by atoms with Crippen LogP contribution in [0.15, 0.2) is 54.6 Å². The van der Waals surface area contributed by atoms with Gasteiger partial charge in [-0.05, 0) is 55.5 Å². The topological polar surface area (TPSA) is 85.1 Å². The normalized spacial score (nSPS) is 10.5. The molecule has 0 unspecified atom stereocenters. The zero-order chi connectivity index (χ0) is 17.1. The van der Waals surface area contributed by atoms with Crippen molar-refractivity contribution in [1.29, 1.82) is 0 Å². The average molecular weight is 319 g/mol. The Morgan fingerprint density at radius 1 is 1.04 bits per heavy atom. The fourth-order valence-corrected chi connectivity index (χ4v) is 2.44. The van der Waals surface area contributed by atoms with Gasteiger partial charge in [0.15, 0.2) is 5.78 Å². The SMILES string of the molecule is CC(=O)c1ccc(NC(=O)Cc2ccc3cc(N)ccc3n2)cc1. The van der Waals surface area contributed by atoms with Gasteiger partial charge in [-0.25, -0.2) is 0 Å². The van der Waals surface area contributed by atoms with E-state index >= 15 is 0 Å². The highest BCUT2D eigenvalue weighted by Crippen LogP contribution is 2.17. The first kappa shape index (κ1) is 15.7. The summed E-state index contributed by atoms with van der Waals surface area (Å²) in [5.41, 5.74) is 9.19. The highest BCUT2D eigenvalue weighted by molar-refractivity contribution is 5.96. The Morgan fingerprint density at radius 2 is 1.79 bits per heavy atom. The van der Waals surface area contributed by atoms with Crippen LogP contribution in [0.2, 0.25) is 0 Å². The molecule has 3 rings (SSSR count). The minimum Gasteiger partial charge on any atom is -0.399 e. The van der Waals surface area contributed by atoms with Crippen LogP contribution >= 0.6 is 0 Å². The van der Waals surface area contributed by atoms with Gasteiger partial charge in [0.25, 0.3) is 0 Å². The molecule has 0 aliphatic carbocycles. The van der Waals surface area contributed by atoms with Gasteiger partial charge in [0.2, 0.25) is 5.91 Å². The van der Waals surface area contributed by atoms with Gasteiger partial charge < -0.3 is 11.1 Å². The van der Waals surface area contributed by atoms with Crippen molar-refractivity contribution in [2.75, 3.05) is 11.1 Å². The summed E-state index contributed by atoms with van der Waals surface area (Å²) in [6.45, 7) is 1.51. The molecular weight excluding hydrogens is 302 g/mol. The van der Waals surface area contributed by atoms with E-state index in [9.17, 15) is 9.59 Å². The summed E-state index contributed by atoms with van der Waals surface area (Å²) in [6.07, 6.45) is 0.175. The van der Waals surface area contributed by atoms with Crippen LogP contribution in [-0.2, 0) is 11.2 Å². The van der Waals surface area contributed by atoms with Crippen LogP contribution in [0.3, 0.4) is 0 Å². The van der Waals surface area contributed by atoms with Gasteiger partial charge in [0.1, 0.15) is 0 Å². The molecule has 0 saturated carbocycles. The van der Waals surface area contributed by atoms with Crippen molar-refractivity contribution in [2.24, 2.45) is 0 Å². The predicted octanol–water partition coefficient (Wildman–Crippen LogP) is 3.20. The maximum absolute atomic E-state index is 12.2. The molecular formula is C19H17N3O2. The molecule has 120 valence electrons. The van der Waals surface area contributed by atoms with Crippen LogP contribution in [-0.4, -0.2) is 16.7 Å². The second-order valence-corrected chi connectivity index (χ2v) is 5.61. The van der Waals surface area contributed by atoms with Crippen LogP contribution in [0.25, 0.3) is 10.9 Å². The average Bonchev–Trinajstić information content (AvgIpc) is 2.55. The van der Waals surface area contributed by atoms with E-state index in [0.29, 0.717) is 22.6 Å². The maximum atomic E-state index is 12.2. The minimum absolute atomic E-state index is 0.00567. The van der Waals surface area contributed by atoms with E-state index in [2.05, 4.69) is 10.3 Å². The van der Waals surface area contributed by atoms with Crippen molar-refractivity contribution in [3.63, 3.8) is 0 Å². The number of nitrogen functional groups attached to an aromatic ring is 1. The van der Waals surface area contributed by atoms with E-state index in [-0.39, 0.29) is 18.1 Å². The Morgan fingerprint density at radius 3 is 2.50 bits per heavy atom. The molecule has 5 nitrogen and oxygen atoms in total. The van der Waals surface area contributed by atoms with Crippen molar-refractivity contribution in [3.8, 4) is 0 Å². The van der Waals surface area contributed by atoms with Gasteiger partial charge in [-0.1, -0.05) is 6.07 Å². The third-order valence-corrected chi connectivity index (χ3v) is 3.69. The number of benzene rings is 2. The van der Waals surface area contributed by atoms with Crippen LogP contribution in [0.1, 0.15) is 23.0 Å². The van der Waals surface area contributed by atoms with E-state index < -0.39 is 0 Å². The quantitative estimate of drug-likeness (QED) is 0.571. The summed E-state index contributed by atoms with van der Waals surface area (Å²) in [6, 6.07) is 16.0. The number of carbonyl (C=O) groups is 2. The molecule has 0 atom stereocenters. The first-order valence-electron chi connectivity index (χ1n) is 7.57. The Labute approximate surface area is 139 Å². The summed E-state index contributed by atoms with van der Waals surface area (Å²) in [7, 11) is 0. The van der Waals surface area contributed by atoms with Gasteiger partial charge >= 0.3 is 0 Å². The maximum Gasteiger partial charge on any atom is 0.230 e. The van der Waals surface area contributed by atoms with Crippen LogP contribution in [0, 0.1) is 0 Å². The number of anilines is 2. The molecule has 0 fully saturated rings. The number of nitrogens with two attached hydrogens (primary N) is 1. The number of Topliss-reactive ketones (excluding diaryl/α,β-unsaturated/α-hetero) is 1. The van der Waals surface area contributed by atoms with Gasteiger partial charge in [0.05, 0.1) is 17.6 Å². The summed E-state index contributed by atoms with van der Waals surface area (Å²) in [5.74, 6) is -0.165. The fourth-order valence-electron chi connectivity index (χ4n) is 2.44. The highest BCUT2D eigenvalue weighted by atomic mass is 16.1. The molecule has 1 heterocycles. The number of fused-ring (bicyclic) bond motifs is 1. The number of rotatable bonds is 4. The third kappa shape index (κ3) is 3.57. The van der Waals surface area contributed by atoms with Crippen LogP contribution in [0.5, 0.6) is 0 Å². The number of nitrogens with zero attached hydrogens (tertiary/aromatic N) is 1. The van der Waals surface area contributed by atoms with E-state index in [4.69, 9.17) is 5.73 Å². The lowest BCUT2D eigenvalue weighted by molar-refractivity contribution is -0.115. The number of pyridine rings is 1. The monoisotopic (exact) mass is 319 g/mol. The molecule has 5 heteroatoms. The molecule has 0 aliphatic heterocycles. The number of hydrogen-bond acceptors (Lipinski definition) is 4. The minimum atomic E-state index is -0.159. The molecule has 3 N–H and O–H groups in total. The standard InChI is InChI=1S/C19H17N3O2/c1-12(23)13-2-6-16(7-3-13)22-19(24)11-17-8-4-14-10-15(20)5-9-18(14)21-17/h2-10H,11,20H2,1H3,(H,22,24). The number of hydrogen-bond donors (Lipinski definition) is 2. The highest BCUT2D eigenvalue weighted by Gasteiger charge is 2.07. The van der Waals surface area contributed by atoms with Crippen LogP contribution in [0.4, 0.5) is 11.4 Å². The van der Waals surface area contributed by atoms with Gasteiger partial charge in [-0.15, -0.1) is 0 Å². The number of amides is 1. The largest absolute Gasteiger partial charge is 0.399 e. The van der Waals surface area contributed by atoms with Gasteiger partial charge in [-0.2, -0.15) is 0 Å². The van der Waals surface area contributed by atoms with Crippen molar-refractivity contribution in [1.82, 2.24) is 4.98 Å². The lowest BCUT2D eigenvalue weighted by Gasteiger charge is -2.07. The number of aromatic nitrogens is 1. The predicted molar refractivity (Wildman–Crippen MR) is 94.9 cm³/mol. The van der Waals surface area contributed by atoms with Crippen LogP contribution < -0.4 is 11.1 Å². The van der Waals surface area contributed by atoms with E-state index in [1.165, 1.54) is 6.92 Å². The lowest BCUT2D eigenvalue weighted by Crippen LogP contribution is -2.15. The molecule has 1 amide bonds. The smallest absolute Gasteiger partial charge is 0.230 e. The molecule has 0 saturated heterocycles. The fraction of sp³-hybridized carbons (Fsp3) is 0.105. The number of ketones is 1. The zero-order valence-electron chi connectivity index (χ0n) is 13.2. The molecule has 3 aromatic rings. The molecule has 1 aromatic heterocycles. The van der Waals surface area contributed by atoms with Crippen molar-refractivity contribution in [2.45, 2.75) is 13.3 Å². The van der Waals surface area contributed by atoms with Gasteiger partial charge in [-0.3, -0.25) is 14.6 Å². The molecule has 0 aliphatic rings. The molecule has 0 bridgehead atoms. The first-order chi connectivity index (χ1) is 11.5. The Bertz CT molecular complexity index is 918. The summed E-state index contributed by atoms with van der Waals surface area (Å²) in [5, 5.41) is 3.75. The summed E-state index contributed by atoms with van der Waals surface area (Å²) in [4.78, 5) is 27.9. The van der Waals surface area contributed by atoms with Crippen molar-refractivity contribution < 1.29 is 9.59 Å². The second-order valence-electron chi connectivity index (χ2n) is 5.61. The Kier molecular flexibility index (Phi) is 4.24. The van der Waals surface area contributed by atoms with E-state index in [0.717, 1.165) is 10.9 Å². The number of carbonyl (C=O) groups excluding carboxylic acids is 2. The summed E-state index contributed by atoms with van der Waals surface area (Å²) >= 11 is 0.